The number of nitrogens with zero attached hydrogens (tertiary/aromatic N) is 3. The summed E-state index contributed by atoms with van der Waals surface area (Å²) in [7, 11) is 0. The van der Waals surface area contributed by atoms with Gasteiger partial charge in [-0.05, 0) is 31.4 Å². The standard InChI is InChI=1S/C21H29N5O2/c22-15-17-7-4-5-10-19(17)26-12-6-11-25(13-14-26)16-20(27)24-21(28)23-18-8-2-1-3-9-18/h4-5,7,10,18H,1-3,6,8-9,11-14,16H2,(H2,23,24,27,28). The third-order valence-corrected chi connectivity index (χ3v) is 5.51. The second kappa shape index (κ2) is 10.1. The third kappa shape index (κ3) is 5.70. The summed E-state index contributed by atoms with van der Waals surface area (Å²) < 4.78 is 0. The van der Waals surface area contributed by atoms with E-state index in [2.05, 4.69) is 26.5 Å². The maximum atomic E-state index is 12.3. The number of para-hydroxylation sites is 1. The lowest BCUT2D eigenvalue weighted by Crippen LogP contribution is -2.48. The summed E-state index contributed by atoms with van der Waals surface area (Å²) in [4.78, 5) is 28.6. The fraction of sp³-hybridized carbons (Fsp3) is 0.571. The van der Waals surface area contributed by atoms with Crippen molar-refractivity contribution in [2.24, 2.45) is 0 Å². The largest absolute Gasteiger partial charge is 0.369 e. The minimum atomic E-state index is -0.378. The zero-order chi connectivity index (χ0) is 19.8. The first-order chi connectivity index (χ1) is 13.7. The number of amides is 3. The predicted molar refractivity (Wildman–Crippen MR) is 108 cm³/mol. The number of rotatable bonds is 4. The van der Waals surface area contributed by atoms with E-state index < -0.39 is 0 Å². The highest BCUT2D eigenvalue weighted by atomic mass is 16.2. The Balaban J connectivity index is 1.45. The number of imide groups is 1. The Kier molecular flexibility index (Phi) is 7.26. The van der Waals surface area contributed by atoms with Crippen molar-refractivity contribution in [2.45, 2.75) is 44.6 Å². The van der Waals surface area contributed by atoms with Gasteiger partial charge in [0.15, 0.2) is 0 Å². The molecule has 1 saturated heterocycles. The number of benzene rings is 1. The van der Waals surface area contributed by atoms with Crippen molar-refractivity contribution in [1.82, 2.24) is 15.5 Å². The molecule has 1 aliphatic carbocycles. The van der Waals surface area contributed by atoms with Crippen LogP contribution >= 0.6 is 0 Å². The molecular formula is C21H29N5O2. The van der Waals surface area contributed by atoms with Gasteiger partial charge in [-0.3, -0.25) is 15.0 Å². The Labute approximate surface area is 166 Å². The topological polar surface area (TPSA) is 88.5 Å². The molecule has 150 valence electrons. The quantitative estimate of drug-likeness (QED) is 0.832. The van der Waals surface area contributed by atoms with Crippen molar-refractivity contribution < 1.29 is 9.59 Å². The molecule has 1 aromatic rings. The van der Waals surface area contributed by atoms with Gasteiger partial charge >= 0.3 is 6.03 Å². The van der Waals surface area contributed by atoms with Crippen molar-refractivity contribution in [3.63, 3.8) is 0 Å². The van der Waals surface area contributed by atoms with Crippen molar-refractivity contribution in [3.05, 3.63) is 29.8 Å². The molecule has 28 heavy (non-hydrogen) atoms. The van der Waals surface area contributed by atoms with Gasteiger partial charge in [0.1, 0.15) is 6.07 Å². The van der Waals surface area contributed by atoms with Crippen molar-refractivity contribution >= 4 is 17.6 Å². The second-order valence-corrected chi connectivity index (χ2v) is 7.60. The van der Waals surface area contributed by atoms with Crippen LogP contribution in [0.1, 0.15) is 44.1 Å². The average molecular weight is 383 g/mol. The lowest BCUT2D eigenvalue weighted by atomic mass is 9.96. The van der Waals surface area contributed by atoms with Crippen LogP contribution in [-0.4, -0.2) is 55.6 Å². The van der Waals surface area contributed by atoms with Crippen LogP contribution in [0.25, 0.3) is 0 Å². The van der Waals surface area contributed by atoms with Gasteiger partial charge in [0.2, 0.25) is 5.91 Å². The highest BCUT2D eigenvalue weighted by Crippen LogP contribution is 2.21. The third-order valence-electron chi connectivity index (χ3n) is 5.51. The van der Waals surface area contributed by atoms with Crippen LogP contribution in [-0.2, 0) is 4.79 Å². The summed E-state index contributed by atoms with van der Waals surface area (Å²) in [6.45, 7) is 3.32. The molecule has 0 radical (unpaired) electrons. The maximum Gasteiger partial charge on any atom is 0.321 e. The molecule has 1 saturated carbocycles. The summed E-state index contributed by atoms with van der Waals surface area (Å²) >= 11 is 0. The van der Waals surface area contributed by atoms with E-state index in [0.717, 1.165) is 64.0 Å². The van der Waals surface area contributed by atoms with E-state index in [0.29, 0.717) is 5.56 Å². The Morgan fingerprint density at radius 1 is 1.04 bits per heavy atom. The molecule has 3 rings (SSSR count). The molecule has 0 bridgehead atoms. The van der Waals surface area contributed by atoms with Gasteiger partial charge in [-0.25, -0.2) is 4.79 Å². The molecule has 1 aromatic carbocycles. The molecule has 1 heterocycles. The van der Waals surface area contributed by atoms with Crippen LogP contribution in [0.5, 0.6) is 0 Å². The molecule has 7 heteroatoms. The first-order valence-electron chi connectivity index (χ1n) is 10.2. The van der Waals surface area contributed by atoms with E-state index in [1.165, 1.54) is 6.42 Å². The highest BCUT2D eigenvalue weighted by Gasteiger charge is 2.21. The fourth-order valence-corrected chi connectivity index (χ4v) is 4.05. The minimum Gasteiger partial charge on any atom is -0.369 e. The van der Waals surface area contributed by atoms with Crippen LogP contribution in [0.15, 0.2) is 24.3 Å². The normalized spacial score (nSPS) is 18.8. The van der Waals surface area contributed by atoms with E-state index >= 15 is 0 Å². The molecule has 2 aliphatic rings. The summed E-state index contributed by atoms with van der Waals surface area (Å²) in [5, 5.41) is 14.7. The molecule has 7 nitrogen and oxygen atoms in total. The zero-order valence-corrected chi connectivity index (χ0v) is 16.3. The molecule has 3 amide bonds. The van der Waals surface area contributed by atoms with Crippen LogP contribution in [0.2, 0.25) is 0 Å². The molecule has 2 fully saturated rings. The van der Waals surface area contributed by atoms with Gasteiger partial charge in [0, 0.05) is 32.2 Å². The number of nitrogens with one attached hydrogen (secondary N) is 2. The number of hydrogen-bond donors (Lipinski definition) is 2. The zero-order valence-electron chi connectivity index (χ0n) is 16.3. The molecule has 0 spiro atoms. The second-order valence-electron chi connectivity index (χ2n) is 7.60. The van der Waals surface area contributed by atoms with Crippen molar-refractivity contribution in [1.29, 1.82) is 5.26 Å². The number of urea groups is 1. The van der Waals surface area contributed by atoms with Crippen LogP contribution in [0.4, 0.5) is 10.5 Å². The fourth-order valence-electron chi connectivity index (χ4n) is 4.05. The lowest BCUT2D eigenvalue weighted by molar-refractivity contribution is -0.121. The van der Waals surface area contributed by atoms with Gasteiger partial charge < -0.3 is 10.2 Å². The molecular weight excluding hydrogens is 354 g/mol. The summed E-state index contributed by atoms with van der Waals surface area (Å²) in [5.74, 6) is -0.265. The molecule has 0 aromatic heterocycles. The van der Waals surface area contributed by atoms with E-state index in [9.17, 15) is 14.9 Å². The van der Waals surface area contributed by atoms with Crippen LogP contribution in [0.3, 0.4) is 0 Å². The van der Waals surface area contributed by atoms with Gasteiger partial charge in [-0.1, -0.05) is 31.4 Å². The summed E-state index contributed by atoms with van der Waals surface area (Å²) in [5.41, 5.74) is 1.62. The summed E-state index contributed by atoms with van der Waals surface area (Å²) in [6.07, 6.45) is 6.39. The van der Waals surface area contributed by atoms with Gasteiger partial charge in [-0.2, -0.15) is 5.26 Å². The molecule has 0 atom stereocenters. The Bertz CT molecular complexity index is 724. The maximum absolute atomic E-state index is 12.3. The molecule has 0 unspecified atom stereocenters. The van der Waals surface area contributed by atoms with E-state index in [-0.39, 0.29) is 24.5 Å². The van der Waals surface area contributed by atoms with Gasteiger partial charge in [0.05, 0.1) is 17.8 Å². The number of nitriles is 1. The first-order valence-corrected chi connectivity index (χ1v) is 10.2. The Morgan fingerprint density at radius 2 is 1.82 bits per heavy atom. The number of anilines is 1. The van der Waals surface area contributed by atoms with E-state index in [4.69, 9.17) is 0 Å². The van der Waals surface area contributed by atoms with Crippen molar-refractivity contribution in [2.75, 3.05) is 37.6 Å². The highest BCUT2D eigenvalue weighted by molar-refractivity contribution is 5.95. The monoisotopic (exact) mass is 383 g/mol. The van der Waals surface area contributed by atoms with Gasteiger partial charge in [0.25, 0.3) is 0 Å². The summed E-state index contributed by atoms with van der Waals surface area (Å²) in [6, 6.07) is 9.67. The first kappa shape index (κ1) is 20.2. The average Bonchev–Trinajstić information content (AvgIpc) is 2.94. The van der Waals surface area contributed by atoms with Crippen LogP contribution in [0, 0.1) is 11.3 Å². The van der Waals surface area contributed by atoms with E-state index in [1.54, 1.807) is 0 Å². The molecule has 1 aliphatic heterocycles. The Morgan fingerprint density at radius 3 is 2.61 bits per heavy atom. The Hall–Kier alpha value is -2.59. The van der Waals surface area contributed by atoms with Crippen LogP contribution < -0.4 is 15.5 Å². The number of carbonyl (C=O) groups excluding carboxylic acids is 2. The predicted octanol–water partition coefficient (Wildman–Crippen LogP) is 2.23. The minimum absolute atomic E-state index is 0.188. The number of carbonyl (C=O) groups is 2. The van der Waals surface area contributed by atoms with E-state index in [1.807, 2.05) is 24.3 Å². The number of hydrogen-bond acceptors (Lipinski definition) is 5. The molecule has 2 N–H and O–H groups in total. The SMILES string of the molecule is N#Cc1ccccc1N1CCCN(CC(=O)NC(=O)NC2CCCCC2)CC1. The lowest BCUT2D eigenvalue weighted by Gasteiger charge is -2.24. The smallest absolute Gasteiger partial charge is 0.321 e. The van der Waals surface area contributed by atoms with Gasteiger partial charge in [-0.15, -0.1) is 0 Å². The van der Waals surface area contributed by atoms with Crippen molar-refractivity contribution in [3.8, 4) is 6.07 Å².